The van der Waals surface area contributed by atoms with Gasteiger partial charge in [-0.2, -0.15) is 0 Å². The van der Waals surface area contributed by atoms with Crippen molar-refractivity contribution in [2.75, 3.05) is 67.5 Å². The highest BCUT2D eigenvalue weighted by atomic mass is 35.5. The van der Waals surface area contributed by atoms with Gasteiger partial charge in [0.05, 0.1) is 30.1 Å². The maximum atomic E-state index is 15.1. The van der Waals surface area contributed by atoms with Crippen LogP contribution in [-0.4, -0.2) is 107 Å². The number of ether oxygens (including phenoxy) is 1. The Morgan fingerprint density at radius 1 is 0.857 bits per heavy atom. The fourth-order valence-corrected chi connectivity index (χ4v) is 7.27. The van der Waals surface area contributed by atoms with Gasteiger partial charge in [-0.3, -0.25) is 25.1 Å². The van der Waals surface area contributed by atoms with E-state index in [0.717, 1.165) is 15.4 Å². The predicted molar refractivity (Wildman–Crippen MR) is 194 cm³/mol. The summed E-state index contributed by atoms with van der Waals surface area (Å²) in [6.07, 6.45) is 0. The van der Waals surface area contributed by atoms with Crippen LogP contribution >= 0.6 is 35.6 Å². The maximum Gasteiger partial charge on any atom is 0.262 e. The topological polar surface area (TPSA) is 115 Å². The Morgan fingerprint density at radius 3 is 1.82 bits per heavy atom. The molecular weight excluding hydrogens is 711 g/mol. The van der Waals surface area contributed by atoms with Crippen molar-refractivity contribution < 1.29 is 22.7 Å². The Kier molecular flexibility index (Phi) is 12.6. The van der Waals surface area contributed by atoms with Crippen molar-refractivity contribution in [1.82, 2.24) is 29.6 Å². The zero-order chi connectivity index (χ0) is 34.8. The minimum atomic E-state index is -3.80. The van der Waals surface area contributed by atoms with Crippen LogP contribution in [0.1, 0.15) is 35.7 Å². The summed E-state index contributed by atoms with van der Waals surface area (Å²) < 4.78 is 33.6. The summed E-state index contributed by atoms with van der Waals surface area (Å²) in [6, 6.07) is 18.7. The Balaban J connectivity index is 0.00000541. The van der Waals surface area contributed by atoms with Crippen molar-refractivity contribution in [2.45, 2.75) is 29.6 Å². The van der Waals surface area contributed by atoms with Crippen LogP contribution in [0.15, 0.2) is 71.6 Å². The summed E-state index contributed by atoms with van der Waals surface area (Å²) in [5, 5.41) is 8.49. The molecule has 0 radical (unpaired) electrons. The van der Waals surface area contributed by atoms with Crippen LogP contribution in [-0.2, 0) is 25.3 Å². The van der Waals surface area contributed by atoms with E-state index in [-0.39, 0.29) is 48.0 Å². The second-order valence-corrected chi connectivity index (χ2v) is 15.4. The summed E-state index contributed by atoms with van der Waals surface area (Å²) >= 11 is 12.5. The Hall–Kier alpha value is -2.94. The molecule has 0 saturated carbocycles. The van der Waals surface area contributed by atoms with Gasteiger partial charge in [-0.25, -0.2) is 12.7 Å². The van der Waals surface area contributed by atoms with E-state index in [4.69, 9.17) is 27.9 Å². The Morgan fingerprint density at radius 2 is 1.37 bits per heavy atom. The van der Waals surface area contributed by atoms with Crippen molar-refractivity contribution in [2.24, 2.45) is 0 Å². The summed E-state index contributed by atoms with van der Waals surface area (Å²) in [5.41, 5.74) is 0.686. The summed E-state index contributed by atoms with van der Waals surface area (Å²) in [6.45, 7) is 4.12. The lowest BCUT2D eigenvalue weighted by Crippen LogP contribution is -2.62. The first kappa shape index (κ1) is 38.9. The third kappa shape index (κ3) is 8.18. The number of carbonyl (C=O) groups excluding carboxylic acids is 2. The number of amides is 2. The van der Waals surface area contributed by atoms with Gasteiger partial charge in [0.25, 0.3) is 5.91 Å². The zero-order valence-corrected chi connectivity index (χ0v) is 31.3. The number of nitrogens with zero attached hydrogens (tertiary/aromatic N) is 4. The number of hydrogen-bond donors (Lipinski definition) is 2. The second-order valence-electron chi connectivity index (χ2n) is 12.3. The minimum absolute atomic E-state index is 0. The second kappa shape index (κ2) is 15.9. The molecule has 2 N–H and O–H groups in total. The standard InChI is InChI=1S/C34H42Cl2N6O5S.ClH/c1-6-47-29-21-27(48(45,46)40(4)5)15-16-28(29)34(33(44)42-19-17-41(18-20-42)22-30(43)39(2)3)37-31(23-7-11-25(35)12-8-23)32(38-34)24-9-13-26(36)14-10-24;/h7-16,21,31-32,37-38H,6,17-20,22H2,1-5H3;1H. The summed E-state index contributed by atoms with van der Waals surface area (Å²) in [5.74, 6) is 0.00685. The lowest BCUT2D eigenvalue weighted by atomic mass is 9.95. The van der Waals surface area contributed by atoms with Crippen LogP contribution in [0, 0.1) is 0 Å². The van der Waals surface area contributed by atoms with Crippen LogP contribution in [0.3, 0.4) is 0 Å². The van der Waals surface area contributed by atoms with Gasteiger partial charge >= 0.3 is 0 Å². The molecule has 2 aliphatic rings. The van der Waals surface area contributed by atoms with Crippen LogP contribution in [0.25, 0.3) is 0 Å². The molecule has 2 unspecified atom stereocenters. The van der Waals surface area contributed by atoms with Gasteiger partial charge in [0, 0.05) is 76.0 Å². The molecule has 5 rings (SSSR count). The monoisotopic (exact) mass is 752 g/mol. The molecule has 0 aliphatic carbocycles. The molecule has 2 atom stereocenters. The fourth-order valence-electron chi connectivity index (χ4n) is 6.10. The lowest BCUT2D eigenvalue weighted by molar-refractivity contribution is -0.142. The van der Waals surface area contributed by atoms with Gasteiger partial charge in [0.15, 0.2) is 5.66 Å². The number of sulfonamides is 1. The van der Waals surface area contributed by atoms with E-state index in [0.29, 0.717) is 41.8 Å². The average molecular weight is 754 g/mol. The molecule has 266 valence electrons. The van der Waals surface area contributed by atoms with Gasteiger partial charge in [-0.15, -0.1) is 12.4 Å². The van der Waals surface area contributed by atoms with Crippen molar-refractivity contribution in [3.63, 3.8) is 0 Å². The summed E-state index contributed by atoms with van der Waals surface area (Å²) in [7, 11) is 2.58. The average Bonchev–Trinajstić information content (AvgIpc) is 3.47. The number of piperazine rings is 1. The minimum Gasteiger partial charge on any atom is -0.493 e. The maximum absolute atomic E-state index is 15.1. The van der Waals surface area contributed by atoms with Gasteiger partial charge in [0.1, 0.15) is 5.75 Å². The fraction of sp³-hybridized carbons (Fsp3) is 0.412. The van der Waals surface area contributed by atoms with Crippen molar-refractivity contribution >= 4 is 57.4 Å². The van der Waals surface area contributed by atoms with Crippen molar-refractivity contribution in [3.05, 3.63) is 93.5 Å². The quantitative estimate of drug-likeness (QED) is 0.318. The number of likely N-dealkylation sites (N-methyl/N-ethyl adjacent to an activating group) is 1. The van der Waals surface area contributed by atoms with E-state index in [1.54, 1.807) is 54.2 Å². The molecule has 2 fully saturated rings. The molecule has 2 aliphatic heterocycles. The van der Waals surface area contributed by atoms with Gasteiger partial charge in [-0.05, 0) is 48.4 Å². The van der Waals surface area contributed by atoms with E-state index in [9.17, 15) is 13.2 Å². The first-order valence-corrected chi connectivity index (χ1v) is 17.9. The molecule has 0 bridgehead atoms. The van der Waals surface area contributed by atoms with Crippen LogP contribution in [0.4, 0.5) is 0 Å². The molecule has 0 aromatic heterocycles. The first-order valence-electron chi connectivity index (χ1n) is 15.7. The number of rotatable bonds is 10. The summed E-state index contributed by atoms with van der Waals surface area (Å²) in [4.78, 5) is 32.9. The highest BCUT2D eigenvalue weighted by Crippen LogP contribution is 2.45. The number of carbonyl (C=O) groups is 2. The molecule has 2 amide bonds. The molecule has 3 aromatic rings. The predicted octanol–water partition coefficient (Wildman–Crippen LogP) is 4.12. The van der Waals surface area contributed by atoms with Crippen LogP contribution in [0.5, 0.6) is 5.75 Å². The number of halogens is 3. The lowest BCUT2D eigenvalue weighted by Gasteiger charge is -2.40. The molecule has 11 nitrogen and oxygen atoms in total. The molecule has 2 saturated heterocycles. The third-order valence-corrected chi connectivity index (χ3v) is 11.1. The van der Waals surface area contributed by atoms with Gasteiger partial charge < -0.3 is 14.5 Å². The largest absolute Gasteiger partial charge is 0.493 e. The van der Waals surface area contributed by atoms with Gasteiger partial charge in [-0.1, -0.05) is 53.5 Å². The molecule has 49 heavy (non-hydrogen) atoms. The van der Waals surface area contributed by atoms with Crippen LogP contribution in [0.2, 0.25) is 10.0 Å². The first-order chi connectivity index (χ1) is 22.8. The van der Waals surface area contributed by atoms with E-state index >= 15 is 4.79 Å². The molecular formula is C34H43Cl3N6O5S. The third-order valence-electron chi connectivity index (χ3n) is 8.81. The SMILES string of the molecule is CCOc1cc(S(=O)(=O)N(C)C)ccc1C1(C(=O)N2CCN(CC(=O)N(C)C)CC2)NC(c2ccc(Cl)cc2)C(c2ccc(Cl)cc2)N1.Cl. The number of benzene rings is 3. The van der Waals surface area contributed by atoms with Crippen molar-refractivity contribution in [1.29, 1.82) is 0 Å². The van der Waals surface area contributed by atoms with E-state index in [1.807, 2.05) is 36.1 Å². The number of nitrogens with one attached hydrogen (secondary N) is 2. The molecule has 15 heteroatoms. The smallest absolute Gasteiger partial charge is 0.262 e. The molecule has 0 spiro atoms. The normalized spacial score (nSPS) is 21.3. The van der Waals surface area contributed by atoms with Crippen molar-refractivity contribution in [3.8, 4) is 5.75 Å². The Labute approximate surface area is 304 Å². The highest BCUT2D eigenvalue weighted by Gasteiger charge is 2.54. The van der Waals surface area contributed by atoms with E-state index in [2.05, 4.69) is 10.6 Å². The molecule has 3 aromatic carbocycles. The van der Waals surface area contributed by atoms with Crippen LogP contribution < -0.4 is 15.4 Å². The molecule has 2 heterocycles. The zero-order valence-electron chi connectivity index (χ0n) is 28.2. The van der Waals surface area contributed by atoms with Gasteiger partial charge in [0.2, 0.25) is 15.9 Å². The Bertz CT molecular complexity index is 1680. The van der Waals surface area contributed by atoms with E-state index in [1.165, 1.54) is 26.2 Å². The highest BCUT2D eigenvalue weighted by molar-refractivity contribution is 7.89. The number of hydrogen-bond acceptors (Lipinski definition) is 8. The van der Waals surface area contributed by atoms with E-state index < -0.39 is 27.8 Å².